The first-order valence-corrected chi connectivity index (χ1v) is 8.57. The maximum Gasteiger partial charge on any atom is 0.105 e. The van der Waals surface area contributed by atoms with Crippen molar-refractivity contribution in [2.24, 2.45) is 0 Å². The van der Waals surface area contributed by atoms with E-state index in [1.54, 1.807) is 11.3 Å². The van der Waals surface area contributed by atoms with E-state index in [9.17, 15) is 0 Å². The van der Waals surface area contributed by atoms with E-state index in [1.807, 2.05) is 0 Å². The number of ether oxygens (including phenoxy) is 1. The lowest BCUT2D eigenvalue weighted by molar-refractivity contribution is -0.124. The number of rotatable bonds is 1. The molecule has 0 aromatic carbocycles. The normalized spacial score (nSPS) is 28.2. The minimum atomic E-state index is 0.107. The highest BCUT2D eigenvalue weighted by molar-refractivity contribution is 9.10. The molecule has 0 bridgehead atoms. The predicted octanol–water partition coefficient (Wildman–Crippen LogP) is 4.26. The summed E-state index contributed by atoms with van der Waals surface area (Å²) in [5.74, 6) is 0. The molecule has 18 heavy (non-hydrogen) atoms. The van der Waals surface area contributed by atoms with Gasteiger partial charge in [-0.1, -0.05) is 25.7 Å². The topological polar surface area (TPSA) is 21.3 Å². The van der Waals surface area contributed by atoms with E-state index in [2.05, 4.69) is 32.7 Å². The van der Waals surface area contributed by atoms with Crippen molar-refractivity contribution in [3.05, 3.63) is 20.8 Å². The van der Waals surface area contributed by atoms with Gasteiger partial charge in [0.25, 0.3) is 0 Å². The Balaban J connectivity index is 1.74. The molecule has 0 radical (unpaired) electrons. The highest BCUT2D eigenvalue weighted by atomic mass is 79.9. The van der Waals surface area contributed by atoms with E-state index in [4.69, 9.17) is 4.74 Å². The fourth-order valence-electron chi connectivity index (χ4n) is 3.14. The largest absolute Gasteiger partial charge is 0.364 e. The molecule has 1 aromatic heterocycles. The molecule has 1 saturated heterocycles. The van der Waals surface area contributed by atoms with Crippen LogP contribution < -0.4 is 5.32 Å². The fourth-order valence-corrected chi connectivity index (χ4v) is 4.61. The Bertz CT molecular complexity index is 398. The number of hydrogen-bond acceptors (Lipinski definition) is 3. The predicted molar refractivity (Wildman–Crippen MR) is 79.1 cm³/mol. The van der Waals surface area contributed by atoms with Gasteiger partial charge in [0.2, 0.25) is 0 Å². The van der Waals surface area contributed by atoms with Crippen LogP contribution in [0, 0.1) is 0 Å². The number of morpholine rings is 1. The van der Waals surface area contributed by atoms with E-state index in [0.29, 0.717) is 0 Å². The van der Waals surface area contributed by atoms with Gasteiger partial charge in [-0.3, -0.25) is 0 Å². The highest BCUT2D eigenvalue weighted by Gasteiger charge is 2.38. The summed E-state index contributed by atoms with van der Waals surface area (Å²) in [5, 5.41) is 5.74. The second-order valence-corrected chi connectivity index (χ2v) is 7.36. The van der Waals surface area contributed by atoms with Gasteiger partial charge in [0.1, 0.15) is 6.10 Å². The Morgan fingerprint density at radius 2 is 2.06 bits per heavy atom. The third-order valence-corrected chi connectivity index (χ3v) is 5.87. The minimum Gasteiger partial charge on any atom is -0.364 e. The van der Waals surface area contributed by atoms with Gasteiger partial charge >= 0.3 is 0 Å². The molecule has 1 unspecified atom stereocenters. The van der Waals surface area contributed by atoms with Gasteiger partial charge in [0.15, 0.2) is 0 Å². The third-order valence-electron chi connectivity index (χ3n) is 4.09. The first-order chi connectivity index (χ1) is 8.77. The first kappa shape index (κ1) is 13.1. The van der Waals surface area contributed by atoms with Crippen molar-refractivity contribution in [2.75, 3.05) is 13.1 Å². The minimum absolute atomic E-state index is 0.107. The van der Waals surface area contributed by atoms with Gasteiger partial charge in [-0.25, -0.2) is 0 Å². The third kappa shape index (κ3) is 2.82. The second kappa shape index (κ2) is 5.61. The van der Waals surface area contributed by atoms with E-state index in [-0.39, 0.29) is 11.7 Å². The summed E-state index contributed by atoms with van der Waals surface area (Å²) in [4.78, 5) is 1.35. The average Bonchev–Trinajstić information content (AvgIpc) is 2.69. The van der Waals surface area contributed by atoms with Crippen molar-refractivity contribution >= 4 is 27.3 Å². The van der Waals surface area contributed by atoms with Crippen LogP contribution in [0.4, 0.5) is 0 Å². The Labute approximate surface area is 121 Å². The summed E-state index contributed by atoms with van der Waals surface area (Å²) in [7, 11) is 0. The molecule has 1 aromatic rings. The molecule has 2 heterocycles. The highest BCUT2D eigenvalue weighted by Crippen LogP contribution is 2.38. The fraction of sp³-hybridized carbons (Fsp3) is 0.714. The lowest BCUT2D eigenvalue weighted by Gasteiger charge is -2.41. The van der Waals surface area contributed by atoms with Gasteiger partial charge in [0, 0.05) is 27.8 Å². The first-order valence-electron chi connectivity index (χ1n) is 6.90. The standard InChI is InChI=1S/C14H20BrNOS/c15-11-7-13(18-9-11)12-8-16-10-14(17-12)5-3-1-2-4-6-14/h7,9,12,16H,1-6,8,10H2. The molecule has 2 aliphatic rings. The maximum atomic E-state index is 6.52. The molecule has 1 aliphatic heterocycles. The number of hydrogen-bond donors (Lipinski definition) is 1. The van der Waals surface area contributed by atoms with Gasteiger partial charge in [-0.2, -0.15) is 0 Å². The molecule has 0 amide bonds. The SMILES string of the molecule is Brc1csc(C2CNCC3(CCCCCC3)O2)c1. The van der Waals surface area contributed by atoms with Crippen molar-refractivity contribution < 1.29 is 4.74 Å². The molecule has 1 saturated carbocycles. The monoisotopic (exact) mass is 329 g/mol. The average molecular weight is 330 g/mol. The van der Waals surface area contributed by atoms with Crippen LogP contribution in [0.5, 0.6) is 0 Å². The maximum absolute atomic E-state index is 6.52. The summed E-state index contributed by atoms with van der Waals surface area (Å²) in [5.41, 5.74) is 0.107. The van der Waals surface area contributed by atoms with Crippen LogP contribution in [0.15, 0.2) is 15.9 Å². The summed E-state index contributed by atoms with van der Waals surface area (Å²) in [6.07, 6.45) is 8.09. The van der Waals surface area contributed by atoms with E-state index in [1.165, 1.54) is 47.9 Å². The smallest absolute Gasteiger partial charge is 0.105 e. The van der Waals surface area contributed by atoms with Crippen molar-refractivity contribution in [1.29, 1.82) is 0 Å². The summed E-state index contributed by atoms with van der Waals surface area (Å²) in [6.45, 7) is 1.99. The molecule has 1 spiro atoms. The number of nitrogens with one attached hydrogen (secondary N) is 1. The zero-order valence-electron chi connectivity index (χ0n) is 10.6. The zero-order chi connectivity index (χ0) is 12.4. The lowest BCUT2D eigenvalue weighted by atomic mass is 9.92. The number of halogens is 1. The van der Waals surface area contributed by atoms with Gasteiger partial charge < -0.3 is 10.1 Å². The van der Waals surface area contributed by atoms with E-state index >= 15 is 0 Å². The summed E-state index contributed by atoms with van der Waals surface area (Å²) >= 11 is 5.33. The van der Waals surface area contributed by atoms with Crippen LogP contribution in [-0.2, 0) is 4.74 Å². The second-order valence-electron chi connectivity index (χ2n) is 5.50. The van der Waals surface area contributed by atoms with Gasteiger partial charge in [-0.05, 0) is 34.8 Å². The summed E-state index contributed by atoms with van der Waals surface area (Å²) in [6, 6.07) is 2.20. The van der Waals surface area contributed by atoms with E-state index in [0.717, 1.165) is 13.1 Å². The molecule has 2 nitrogen and oxygen atoms in total. The van der Waals surface area contributed by atoms with Gasteiger partial charge in [0.05, 0.1) is 5.60 Å². The molecule has 1 atom stereocenters. The van der Waals surface area contributed by atoms with Crippen LogP contribution >= 0.6 is 27.3 Å². The Morgan fingerprint density at radius 1 is 1.28 bits per heavy atom. The zero-order valence-corrected chi connectivity index (χ0v) is 13.0. The van der Waals surface area contributed by atoms with Crippen molar-refractivity contribution in [3.63, 3.8) is 0 Å². The van der Waals surface area contributed by atoms with Crippen molar-refractivity contribution in [1.82, 2.24) is 5.32 Å². The Morgan fingerprint density at radius 3 is 2.72 bits per heavy atom. The summed E-state index contributed by atoms with van der Waals surface area (Å²) < 4.78 is 7.69. The van der Waals surface area contributed by atoms with Crippen LogP contribution in [0.25, 0.3) is 0 Å². The number of thiophene rings is 1. The van der Waals surface area contributed by atoms with Crippen molar-refractivity contribution in [3.8, 4) is 0 Å². The van der Waals surface area contributed by atoms with Crippen LogP contribution in [0.3, 0.4) is 0 Å². The molecule has 1 N–H and O–H groups in total. The Hall–Kier alpha value is 0.1000. The van der Waals surface area contributed by atoms with Crippen LogP contribution in [0.1, 0.15) is 49.5 Å². The molecule has 100 valence electrons. The van der Waals surface area contributed by atoms with E-state index < -0.39 is 0 Å². The molecular weight excluding hydrogens is 310 g/mol. The van der Waals surface area contributed by atoms with Gasteiger partial charge in [-0.15, -0.1) is 11.3 Å². The lowest BCUT2D eigenvalue weighted by Crippen LogP contribution is -2.50. The van der Waals surface area contributed by atoms with Crippen LogP contribution in [-0.4, -0.2) is 18.7 Å². The molecule has 4 heteroatoms. The molecule has 2 fully saturated rings. The van der Waals surface area contributed by atoms with Crippen molar-refractivity contribution in [2.45, 2.75) is 50.2 Å². The van der Waals surface area contributed by atoms with Crippen LogP contribution in [0.2, 0.25) is 0 Å². The molecular formula is C14H20BrNOS. The molecule has 1 aliphatic carbocycles. The Kier molecular flexibility index (Phi) is 4.09. The quantitative estimate of drug-likeness (QED) is 0.830. The molecule has 3 rings (SSSR count).